The molecule has 1 amide bonds. The van der Waals surface area contributed by atoms with E-state index in [2.05, 4.69) is 9.68 Å². The van der Waals surface area contributed by atoms with E-state index in [-0.39, 0.29) is 0 Å². The molecule has 4 aliphatic rings. The topological polar surface area (TPSA) is 328 Å². The van der Waals surface area contributed by atoms with Crippen LogP contribution in [0.1, 0.15) is 6.92 Å². The lowest BCUT2D eigenvalue weighted by Gasteiger charge is -2.50. The van der Waals surface area contributed by atoms with Crippen LogP contribution < -0.4 is 5.32 Å². The van der Waals surface area contributed by atoms with Crippen LogP contribution in [0.3, 0.4) is 0 Å². The quantitative estimate of drug-likeness (QED) is 0.0778. The van der Waals surface area contributed by atoms with Crippen molar-refractivity contribution in [3.63, 3.8) is 0 Å². The van der Waals surface area contributed by atoms with Crippen LogP contribution in [0, 0.1) is 0 Å². The van der Waals surface area contributed by atoms with Crippen molar-refractivity contribution >= 4 is 5.91 Å². The molecule has 0 aromatic carbocycles. The molecular formula is C29H52NO21+. The third-order valence-corrected chi connectivity index (χ3v) is 9.37. The monoisotopic (exact) mass is 750 g/mol. The smallest absolute Gasteiger partial charge is 0.217 e. The van der Waals surface area contributed by atoms with Crippen molar-refractivity contribution in [2.24, 2.45) is 0 Å². The summed E-state index contributed by atoms with van der Waals surface area (Å²) in [5, 5.41) is 117. The summed E-state index contributed by atoms with van der Waals surface area (Å²) >= 11 is 0. The van der Waals surface area contributed by atoms with Crippen LogP contribution in [-0.2, 0) is 47.1 Å². The zero-order valence-corrected chi connectivity index (χ0v) is 28.4. The lowest BCUT2D eigenvalue weighted by Crippen LogP contribution is -2.70. The molecule has 4 heterocycles. The number of carbonyl (C=O) groups is 1. The molecule has 51 heavy (non-hydrogen) atoms. The van der Waals surface area contributed by atoms with Crippen molar-refractivity contribution in [2.45, 2.75) is 130 Å². The number of rotatable bonds is 13. The standard InChI is InChI=1S/C29H51NO21/c1-9(35)30-14-23(50-29-20(41)25(51(3)4)16(37)11(6-32)46-29)15(36)10(5-31)45-27(14)49-22-13(8-34)47-28(19(40)24(22)43-2)48-21-12(7-33)44-26(42)18(39)17(21)38/h10-29,31-34,36-42H,5-8H2,1-4H3/p+1/t10-,11-,12-,13-,14-,15+,16+,17-,18-,19-,20-,21-,22+,23-,24-,25+,26-,27+,28+,29+/m1/s1. The van der Waals surface area contributed by atoms with Crippen molar-refractivity contribution in [3.05, 3.63) is 0 Å². The highest BCUT2D eigenvalue weighted by molar-refractivity contribution is 5.73. The van der Waals surface area contributed by atoms with Crippen molar-refractivity contribution in [1.29, 1.82) is 0 Å². The van der Waals surface area contributed by atoms with Crippen LogP contribution in [0.25, 0.3) is 0 Å². The molecule has 0 aromatic rings. The Bertz CT molecular complexity index is 1090. The van der Waals surface area contributed by atoms with E-state index >= 15 is 0 Å². The van der Waals surface area contributed by atoms with Crippen molar-refractivity contribution in [3.8, 4) is 0 Å². The second kappa shape index (κ2) is 18.3. The third-order valence-electron chi connectivity index (χ3n) is 9.37. The highest BCUT2D eigenvalue weighted by Crippen LogP contribution is 2.35. The minimum atomic E-state index is -1.85. The zero-order valence-electron chi connectivity index (χ0n) is 28.4. The molecule has 4 fully saturated rings. The Morgan fingerprint density at radius 1 is 0.588 bits per heavy atom. The Morgan fingerprint density at radius 2 is 1.08 bits per heavy atom. The van der Waals surface area contributed by atoms with E-state index in [1.54, 1.807) is 0 Å². The average Bonchev–Trinajstić information content (AvgIpc) is 3.09. The Kier molecular flexibility index (Phi) is 15.2. The molecule has 4 saturated heterocycles. The molecule has 22 nitrogen and oxygen atoms in total. The molecule has 0 unspecified atom stereocenters. The normalized spacial score (nSPS) is 48.1. The number of aliphatic hydroxyl groups is 11. The van der Waals surface area contributed by atoms with Gasteiger partial charge in [0, 0.05) is 14.0 Å². The number of amides is 1. The first-order valence-electron chi connectivity index (χ1n) is 16.3. The number of ether oxygens (including phenoxy) is 8. The number of hydrogen-bond acceptors (Lipinski definition) is 20. The lowest BCUT2D eigenvalue weighted by molar-refractivity contribution is -0.383. The summed E-state index contributed by atoms with van der Waals surface area (Å²) in [6, 6.07) is -1.46. The molecule has 12 N–H and O–H groups in total. The van der Waals surface area contributed by atoms with E-state index in [9.17, 15) is 61.0 Å². The highest BCUT2D eigenvalue weighted by atomic mass is 16.8. The van der Waals surface area contributed by atoms with Crippen LogP contribution in [0.5, 0.6) is 0 Å². The van der Waals surface area contributed by atoms with Gasteiger partial charge in [-0.15, -0.1) is 0 Å². The fourth-order valence-corrected chi connectivity index (χ4v) is 6.75. The van der Waals surface area contributed by atoms with Crippen molar-refractivity contribution in [1.82, 2.24) is 5.32 Å². The molecule has 0 radical (unpaired) electrons. The summed E-state index contributed by atoms with van der Waals surface area (Å²) < 4.78 is 48.0. The summed E-state index contributed by atoms with van der Waals surface area (Å²) in [5.74, 6) is -0.676. The molecule has 22 heteroatoms. The second-order valence-corrected chi connectivity index (χ2v) is 12.9. The molecule has 0 bridgehead atoms. The van der Waals surface area contributed by atoms with Gasteiger partial charge in [0.1, 0.15) is 93.5 Å². The summed E-state index contributed by atoms with van der Waals surface area (Å²) in [5.41, 5.74) is 0. The highest BCUT2D eigenvalue weighted by Gasteiger charge is 2.57. The number of methoxy groups -OCH3 is 1. The van der Waals surface area contributed by atoms with Crippen molar-refractivity contribution in [2.75, 3.05) is 47.8 Å². The van der Waals surface area contributed by atoms with Crippen LogP contribution in [-0.4, -0.2) is 233 Å². The largest absolute Gasteiger partial charge is 0.420 e. The Hall–Kier alpha value is -1.33. The number of nitrogens with one attached hydrogen (secondary N) is 1. The minimum absolute atomic E-state index is 0.676. The second-order valence-electron chi connectivity index (χ2n) is 12.9. The first kappa shape index (κ1) is 42.4. The van der Waals surface area contributed by atoms with Gasteiger partial charge in [-0.25, -0.2) is 0 Å². The predicted molar refractivity (Wildman–Crippen MR) is 161 cm³/mol. The summed E-state index contributed by atoms with van der Waals surface area (Å²) in [4.78, 5) is 12.4. The summed E-state index contributed by atoms with van der Waals surface area (Å²) in [7, 11) is 4.13. The van der Waals surface area contributed by atoms with Crippen LogP contribution in [0.4, 0.5) is 0 Å². The van der Waals surface area contributed by atoms with E-state index in [1.165, 1.54) is 21.3 Å². The Labute approximate surface area is 292 Å². The summed E-state index contributed by atoms with van der Waals surface area (Å²) in [6.07, 6.45) is -29.6. The van der Waals surface area contributed by atoms with E-state index in [4.69, 9.17) is 37.9 Å². The van der Waals surface area contributed by atoms with E-state index in [0.717, 1.165) is 6.92 Å². The number of hydrogen-bond donors (Lipinski definition) is 12. The fraction of sp³-hybridized carbons (Fsp3) is 0.966. The number of aliphatic hydroxyl groups excluding tert-OH is 11. The van der Waals surface area contributed by atoms with Crippen LogP contribution >= 0.6 is 0 Å². The minimum Gasteiger partial charge on any atom is -0.420 e. The molecule has 0 aliphatic carbocycles. The van der Waals surface area contributed by atoms with Gasteiger partial charge < -0.3 is 104 Å². The third kappa shape index (κ3) is 8.98. The van der Waals surface area contributed by atoms with Gasteiger partial charge in [-0.2, -0.15) is 0 Å². The first-order chi connectivity index (χ1) is 24.1. The summed E-state index contributed by atoms with van der Waals surface area (Å²) in [6.45, 7) is -1.96. The molecular weight excluding hydrogens is 698 g/mol. The van der Waals surface area contributed by atoms with E-state index in [1.807, 2.05) is 0 Å². The number of carbonyl (C=O) groups excluding carboxylic acids is 1. The van der Waals surface area contributed by atoms with Gasteiger partial charge in [0.25, 0.3) is 0 Å². The van der Waals surface area contributed by atoms with E-state index in [0.29, 0.717) is 0 Å². The van der Waals surface area contributed by atoms with Crippen LogP contribution in [0.15, 0.2) is 0 Å². The van der Waals surface area contributed by atoms with Gasteiger partial charge in [-0.3, -0.25) is 4.79 Å². The maximum Gasteiger partial charge on any atom is 0.217 e. The Balaban J connectivity index is 1.60. The molecule has 4 rings (SSSR count). The maximum atomic E-state index is 12.4. The first-order valence-corrected chi connectivity index (χ1v) is 16.3. The van der Waals surface area contributed by atoms with Crippen molar-refractivity contribution < 1.29 is 103 Å². The van der Waals surface area contributed by atoms with Crippen LogP contribution in [0.2, 0.25) is 0 Å². The molecule has 0 spiro atoms. The molecule has 298 valence electrons. The van der Waals surface area contributed by atoms with Gasteiger partial charge in [-0.1, -0.05) is 0 Å². The van der Waals surface area contributed by atoms with E-state index < -0.39 is 155 Å². The van der Waals surface area contributed by atoms with Gasteiger partial charge >= 0.3 is 0 Å². The average molecular weight is 751 g/mol. The maximum absolute atomic E-state index is 12.4. The zero-order chi connectivity index (χ0) is 37.9. The lowest BCUT2D eigenvalue weighted by atomic mass is 9.94. The molecule has 20 atom stereocenters. The van der Waals surface area contributed by atoms with Gasteiger partial charge in [0.15, 0.2) is 37.4 Å². The molecule has 4 aliphatic heterocycles. The molecule has 0 saturated carbocycles. The molecule has 0 aromatic heterocycles. The van der Waals surface area contributed by atoms with Gasteiger partial charge in [-0.05, 0) is 0 Å². The van der Waals surface area contributed by atoms with Gasteiger partial charge in [0.05, 0.1) is 26.4 Å². The van der Waals surface area contributed by atoms with Gasteiger partial charge in [0.2, 0.25) is 12.0 Å². The SMILES string of the molecule is CO[C@@H]1[C@@H](O)[C@H](O[C@H]2[C@H](O)[C@@H](O)[C@H](O)O[C@@H]2CO)O[C@H](CO)[C@@H]1O[C@@H]1O[C@H](CO)[C@H](O)[C@H](O[C@@H]2O[C@H](CO)[C@H](O)[C@H]([O+](C)C)[C@H]2O)[C@H]1NC(C)=O. The Morgan fingerprint density at radius 3 is 1.63 bits per heavy atom. The predicted octanol–water partition coefficient (Wildman–Crippen LogP) is -8.13. The fourth-order valence-electron chi connectivity index (χ4n) is 6.75.